The van der Waals surface area contributed by atoms with E-state index in [1.165, 1.54) is 23.1 Å². The molecular formula is C24H32BNO2. The minimum Gasteiger partial charge on any atom is -0.399 e. The molecule has 1 saturated heterocycles. The Labute approximate surface area is 170 Å². The Morgan fingerprint density at radius 2 is 1.39 bits per heavy atom. The van der Waals surface area contributed by atoms with Crippen molar-refractivity contribution in [1.29, 1.82) is 0 Å². The van der Waals surface area contributed by atoms with Crippen molar-refractivity contribution in [1.82, 2.24) is 4.98 Å². The predicted octanol–water partition coefficient (Wildman–Crippen LogP) is 5.01. The number of pyridine rings is 1. The molecule has 1 aromatic heterocycles. The van der Waals surface area contributed by atoms with Crippen LogP contribution in [0.4, 0.5) is 0 Å². The Bertz CT molecular complexity index is 897. The molecule has 4 heteroatoms. The summed E-state index contributed by atoms with van der Waals surface area (Å²) in [5.74, 6) is 0. The molecule has 0 bridgehead atoms. The monoisotopic (exact) mass is 377 g/mol. The van der Waals surface area contributed by atoms with Gasteiger partial charge in [0.05, 0.1) is 16.9 Å². The number of hydrogen-bond acceptors (Lipinski definition) is 3. The van der Waals surface area contributed by atoms with Crippen LogP contribution in [0.3, 0.4) is 0 Å². The third-order valence-electron chi connectivity index (χ3n) is 6.97. The lowest BCUT2D eigenvalue weighted by atomic mass is 9.80. The number of fused-ring (bicyclic) bond motifs is 1. The second-order valence-electron chi connectivity index (χ2n) is 10.8. The molecule has 148 valence electrons. The molecule has 0 radical (unpaired) electrons. The van der Waals surface area contributed by atoms with E-state index in [1.54, 1.807) is 0 Å². The molecule has 2 aromatic rings. The fourth-order valence-corrected chi connectivity index (χ4v) is 4.84. The van der Waals surface area contributed by atoms with Crippen LogP contribution >= 0.6 is 0 Å². The molecule has 2 aliphatic rings. The summed E-state index contributed by atoms with van der Waals surface area (Å²) in [7, 11) is -0.369. The first-order valence-corrected chi connectivity index (χ1v) is 10.3. The molecule has 28 heavy (non-hydrogen) atoms. The molecule has 0 spiro atoms. The van der Waals surface area contributed by atoms with Gasteiger partial charge in [-0.25, -0.2) is 0 Å². The van der Waals surface area contributed by atoms with Gasteiger partial charge in [0.25, 0.3) is 0 Å². The van der Waals surface area contributed by atoms with E-state index < -0.39 is 0 Å². The van der Waals surface area contributed by atoms with Crippen molar-refractivity contribution in [2.75, 3.05) is 0 Å². The van der Waals surface area contributed by atoms with E-state index in [0.29, 0.717) is 0 Å². The Morgan fingerprint density at radius 1 is 0.786 bits per heavy atom. The maximum absolute atomic E-state index is 6.14. The van der Waals surface area contributed by atoms with Gasteiger partial charge >= 0.3 is 7.12 Å². The van der Waals surface area contributed by atoms with Crippen molar-refractivity contribution in [3.8, 4) is 11.3 Å². The van der Waals surface area contributed by atoms with Gasteiger partial charge < -0.3 is 9.31 Å². The zero-order valence-electron chi connectivity index (χ0n) is 18.5. The quantitative estimate of drug-likeness (QED) is 0.690. The summed E-state index contributed by atoms with van der Waals surface area (Å²) in [5, 5.41) is 0. The molecule has 0 atom stereocenters. The minimum atomic E-state index is -0.369. The smallest absolute Gasteiger partial charge is 0.399 e. The Hall–Kier alpha value is -1.65. The SMILES string of the molecule is CC1(C)CC(C)(C)c2cc(-c3ccc(B4OC(C)(C)C(C)(C)O4)cn3)ccc21. The van der Waals surface area contributed by atoms with Crippen molar-refractivity contribution >= 4 is 12.6 Å². The highest BCUT2D eigenvalue weighted by Gasteiger charge is 2.51. The number of nitrogens with zero attached hydrogens (tertiary/aromatic N) is 1. The van der Waals surface area contributed by atoms with Crippen LogP contribution in [-0.4, -0.2) is 23.3 Å². The second kappa shape index (κ2) is 5.93. The first-order valence-electron chi connectivity index (χ1n) is 10.3. The molecule has 0 saturated carbocycles. The lowest BCUT2D eigenvalue weighted by Gasteiger charge is -2.32. The lowest BCUT2D eigenvalue weighted by Crippen LogP contribution is -2.41. The van der Waals surface area contributed by atoms with E-state index in [0.717, 1.165) is 11.2 Å². The van der Waals surface area contributed by atoms with Crippen molar-refractivity contribution in [2.45, 2.75) is 83.8 Å². The molecule has 1 fully saturated rings. The van der Waals surface area contributed by atoms with Gasteiger partial charge in [0, 0.05) is 17.2 Å². The van der Waals surface area contributed by atoms with E-state index in [9.17, 15) is 0 Å². The third-order valence-corrected chi connectivity index (χ3v) is 6.97. The van der Waals surface area contributed by atoms with Crippen LogP contribution in [0.5, 0.6) is 0 Å². The van der Waals surface area contributed by atoms with E-state index in [4.69, 9.17) is 14.3 Å². The Balaban J connectivity index is 1.63. The molecule has 0 unspecified atom stereocenters. The molecule has 2 heterocycles. The largest absolute Gasteiger partial charge is 0.496 e. The van der Waals surface area contributed by atoms with E-state index in [-0.39, 0.29) is 29.2 Å². The molecule has 1 aromatic carbocycles. The van der Waals surface area contributed by atoms with Crippen molar-refractivity contribution in [2.24, 2.45) is 0 Å². The first-order chi connectivity index (χ1) is 12.8. The van der Waals surface area contributed by atoms with Crippen LogP contribution in [0.25, 0.3) is 11.3 Å². The van der Waals surface area contributed by atoms with Crippen LogP contribution in [0, 0.1) is 0 Å². The molecule has 0 N–H and O–H groups in total. The van der Waals surface area contributed by atoms with Crippen molar-refractivity contribution in [3.05, 3.63) is 47.7 Å². The molecular weight excluding hydrogens is 345 g/mol. The fourth-order valence-electron chi connectivity index (χ4n) is 4.84. The zero-order valence-corrected chi connectivity index (χ0v) is 18.5. The topological polar surface area (TPSA) is 31.4 Å². The summed E-state index contributed by atoms with van der Waals surface area (Å²) >= 11 is 0. The van der Waals surface area contributed by atoms with Crippen LogP contribution < -0.4 is 5.46 Å². The second-order valence-corrected chi connectivity index (χ2v) is 10.8. The standard InChI is InChI=1S/C24H32BNO2/c1-21(2)15-22(3,4)19-13-16(9-11-18(19)21)20-12-10-17(14-26-20)25-27-23(5,6)24(7,8)28-25/h9-14H,15H2,1-8H3. The highest BCUT2D eigenvalue weighted by molar-refractivity contribution is 6.62. The normalized spacial score (nSPS) is 23.6. The van der Waals surface area contributed by atoms with Gasteiger partial charge in [-0.1, -0.05) is 45.9 Å². The fraction of sp³-hybridized carbons (Fsp3) is 0.542. The minimum absolute atomic E-state index is 0.192. The Kier molecular flexibility index (Phi) is 4.17. The van der Waals surface area contributed by atoms with Gasteiger partial charge in [-0.05, 0) is 68.2 Å². The summed E-state index contributed by atoms with van der Waals surface area (Å²) in [4.78, 5) is 4.74. The maximum atomic E-state index is 6.14. The van der Waals surface area contributed by atoms with E-state index in [1.807, 2.05) is 6.20 Å². The van der Waals surface area contributed by atoms with E-state index >= 15 is 0 Å². The maximum Gasteiger partial charge on any atom is 0.496 e. The summed E-state index contributed by atoms with van der Waals surface area (Å²) in [5.41, 5.74) is 5.78. The average molecular weight is 377 g/mol. The van der Waals surface area contributed by atoms with Crippen molar-refractivity contribution < 1.29 is 9.31 Å². The lowest BCUT2D eigenvalue weighted by molar-refractivity contribution is 0.00578. The summed E-state index contributed by atoms with van der Waals surface area (Å²) in [6, 6.07) is 11.0. The molecule has 3 nitrogen and oxygen atoms in total. The molecule has 1 aliphatic heterocycles. The Morgan fingerprint density at radius 3 is 1.96 bits per heavy atom. The highest BCUT2D eigenvalue weighted by Crippen LogP contribution is 2.50. The highest BCUT2D eigenvalue weighted by atomic mass is 16.7. The van der Waals surface area contributed by atoms with Gasteiger partial charge in [0.1, 0.15) is 0 Å². The molecule has 1 aliphatic carbocycles. The summed E-state index contributed by atoms with van der Waals surface area (Å²) in [6.45, 7) is 17.7. The average Bonchev–Trinajstić information content (AvgIpc) is 2.92. The van der Waals surface area contributed by atoms with Crippen LogP contribution in [-0.2, 0) is 20.1 Å². The van der Waals surface area contributed by atoms with Gasteiger partial charge in [0.15, 0.2) is 0 Å². The van der Waals surface area contributed by atoms with Crippen molar-refractivity contribution in [3.63, 3.8) is 0 Å². The van der Waals surface area contributed by atoms with Gasteiger partial charge in [-0.15, -0.1) is 0 Å². The predicted molar refractivity (Wildman–Crippen MR) is 116 cm³/mol. The summed E-state index contributed by atoms with van der Waals surface area (Å²) in [6.07, 6.45) is 3.06. The number of aromatic nitrogens is 1. The number of benzene rings is 1. The van der Waals surface area contributed by atoms with Crippen LogP contribution in [0.2, 0.25) is 0 Å². The van der Waals surface area contributed by atoms with Crippen LogP contribution in [0.1, 0.15) is 72.9 Å². The zero-order chi connectivity index (χ0) is 20.5. The van der Waals surface area contributed by atoms with Gasteiger partial charge in [0.2, 0.25) is 0 Å². The first kappa shape index (κ1) is 19.7. The third kappa shape index (κ3) is 3.02. The van der Waals surface area contributed by atoms with E-state index in [2.05, 4.69) is 85.7 Å². The molecule has 4 rings (SSSR count). The summed E-state index contributed by atoms with van der Waals surface area (Å²) < 4.78 is 12.3. The van der Waals surface area contributed by atoms with Gasteiger partial charge in [-0.3, -0.25) is 4.98 Å². The number of rotatable bonds is 2. The number of hydrogen-bond donors (Lipinski definition) is 0. The van der Waals surface area contributed by atoms with Crippen LogP contribution in [0.15, 0.2) is 36.5 Å². The van der Waals surface area contributed by atoms with Gasteiger partial charge in [-0.2, -0.15) is 0 Å². The molecule has 0 amide bonds.